The third-order valence-corrected chi connectivity index (χ3v) is 7.48. The van der Waals surface area contributed by atoms with Crippen LogP contribution in [0.25, 0.3) is 11.0 Å². The van der Waals surface area contributed by atoms with Gasteiger partial charge in [-0.15, -0.1) is 11.8 Å². The number of thioether (sulfide) groups is 1. The lowest BCUT2D eigenvalue weighted by atomic mass is 9.79. The van der Waals surface area contributed by atoms with Crippen molar-refractivity contribution in [3.63, 3.8) is 0 Å². The van der Waals surface area contributed by atoms with Gasteiger partial charge in [-0.3, -0.25) is 9.63 Å². The number of amides is 1. The molecule has 5 rings (SSSR count). The van der Waals surface area contributed by atoms with Gasteiger partial charge < -0.3 is 29.4 Å². The summed E-state index contributed by atoms with van der Waals surface area (Å²) in [6.45, 7) is 0. The number of carbonyl (C=O) groups is 1. The quantitative estimate of drug-likeness (QED) is 0.386. The molecule has 2 saturated heterocycles. The summed E-state index contributed by atoms with van der Waals surface area (Å²) in [4.78, 5) is 29.9. The van der Waals surface area contributed by atoms with Crippen molar-refractivity contribution < 1.29 is 33.7 Å². The molecule has 0 radical (unpaired) electrons. The van der Waals surface area contributed by atoms with Crippen LogP contribution in [0.1, 0.15) is 6.42 Å². The number of aliphatic hydroxyl groups excluding tert-OH is 1. The number of methoxy groups -OCH3 is 2. The Bertz CT molecular complexity index is 1170. The van der Waals surface area contributed by atoms with Crippen LogP contribution in [0.2, 0.25) is 0 Å². The van der Waals surface area contributed by atoms with Gasteiger partial charge in [0.25, 0.3) is 5.91 Å². The highest BCUT2D eigenvalue weighted by atomic mass is 32.2. The van der Waals surface area contributed by atoms with E-state index in [1.54, 1.807) is 18.2 Å². The molecule has 1 amide bonds. The van der Waals surface area contributed by atoms with Crippen LogP contribution in [0.15, 0.2) is 39.6 Å². The van der Waals surface area contributed by atoms with E-state index in [1.807, 2.05) is 0 Å². The molecule has 5 unspecified atom stereocenters. The molecule has 1 aliphatic carbocycles. The maximum absolute atomic E-state index is 13.2. The molecule has 31 heavy (non-hydrogen) atoms. The Kier molecular flexibility index (Phi) is 4.57. The van der Waals surface area contributed by atoms with Crippen molar-refractivity contribution in [3.8, 4) is 11.5 Å². The van der Waals surface area contributed by atoms with Gasteiger partial charge in [0, 0.05) is 11.8 Å². The Balaban J connectivity index is 1.47. The molecule has 11 heteroatoms. The van der Waals surface area contributed by atoms with E-state index < -0.39 is 39.5 Å². The van der Waals surface area contributed by atoms with Crippen molar-refractivity contribution in [2.75, 3.05) is 19.5 Å². The lowest BCUT2D eigenvalue weighted by Gasteiger charge is -2.43. The highest BCUT2D eigenvalue weighted by molar-refractivity contribution is 8.02. The third-order valence-electron chi connectivity index (χ3n) is 5.85. The SMILES string of the molecule is COc1ccc2cc(NC(=O)C34CC5(O)C(C=CC(O)C5ON3)S4)c(=O)oc2c1OC. The number of ether oxygens (including phenoxy) is 2. The second kappa shape index (κ2) is 6.97. The molecule has 2 bridgehead atoms. The zero-order valence-electron chi connectivity index (χ0n) is 16.6. The molecule has 4 N–H and O–H groups in total. The number of nitrogens with one attached hydrogen (secondary N) is 2. The molecule has 0 saturated carbocycles. The Morgan fingerprint density at radius 3 is 2.87 bits per heavy atom. The largest absolute Gasteiger partial charge is 0.493 e. The maximum atomic E-state index is 13.2. The normalized spacial score (nSPS) is 33.4. The summed E-state index contributed by atoms with van der Waals surface area (Å²) in [7, 11) is 2.90. The van der Waals surface area contributed by atoms with E-state index in [0.29, 0.717) is 11.1 Å². The molecule has 2 fully saturated rings. The van der Waals surface area contributed by atoms with E-state index in [9.17, 15) is 19.8 Å². The standard InChI is InChI=1S/C20H20N2O8S/c1-27-12-5-3-9-7-10(17(24)29-14(9)15(12)28-2)21-18(25)20-8-19(26)13(31-20)6-4-11(23)16(19)30-22-20/h3-7,11,13,16,22-23,26H,8H2,1-2H3,(H,21,25). The Labute approximate surface area is 180 Å². The van der Waals surface area contributed by atoms with Crippen molar-refractivity contribution in [2.45, 2.75) is 34.4 Å². The predicted octanol–water partition coefficient (Wildman–Crippen LogP) is 0.516. The zero-order valence-corrected chi connectivity index (χ0v) is 17.4. The van der Waals surface area contributed by atoms with Crippen LogP contribution in [0.4, 0.5) is 5.69 Å². The summed E-state index contributed by atoms with van der Waals surface area (Å²) < 4.78 is 15.9. The second-order valence-corrected chi connectivity index (χ2v) is 9.11. The van der Waals surface area contributed by atoms with Crippen molar-refractivity contribution in [2.24, 2.45) is 0 Å². The summed E-state index contributed by atoms with van der Waals surface area (Å²) in [5.74, 6) is 0.0964. The van der Waals surface area contributed by atoms with Crippen LogP contribution in [-0.2, 0) is 9.63 Å². The lowest BCUT2D eigenvalue weighted by Crippen LogP contribution is -2.65. The van der Waals surface area contributed by atoms with Crippen LogP contribution in [0.3, 0.4) is 0 Å². The highest BCUT2D eigenvalue weighted by Crippen LogP contribution is 2.55. The minimum absolute atomic E-state index is 0.00281. The molecule has 2 aromatic rings. The first-order chi connectivity index (χ1) is 14.8. The number of benzene rings is 1. The molecule has 1 aromatic carbocycles. The first kappa shape index (κ1) is 20.3. The fourth-order valence-corrected chi connectivity index (χ4v) is 5.91. The monoisotopic (exact) mass is 448 g/mol. The summed E-state index contributed by atoms with van der Waals surface area (Å²) in [6.07, 6.45) is 1.31. The smallest absolute Gasteiger partial charge is 0.360 e. The van der Waals surface area contributed by atoms with Gasteiger partial charge in [0.1, 0.15) is 23.5 Å². The van der Waals surface area contributed by atoms with Gasteiger partial charge in [0.2, 0.25) is 5.75 Å². The molecule has 3 aliphatic rings. The van der Waals surface area contributed by atoms with Crippen LogP contribution in [-0.4, -0.2) is 58.3 Å². The number of aliphatic hydroxyl groups is 2. The van der Waals surface area contributed by atoms with E-state index in [0.717, 1.165) is 0 Å². The molecule has 2 aliphatic heterocycles. The van der Waals surface area contributed by atoms with Gasteiger partial charge in [-0.1, -0.05) is 12.2 Å². The molecule has 10 nitrogen and oxygen atoms in total. The molecule has 5 atom stereocenters. The van der Waals surface area contributed by atoms with Gasteiger partial charge in [-0.2, -0.15) is 5.48 Å². The number of rotatable bonds is 4. The maximum Gasteiger partial charge on any atom is 0.360 e. The second-order valence-electron chi connectivity index (χ2n) is 7.67. The molecular formula is C20H20N2O8S. The first-order valence-corrected chi connectivity index (χ1v) is 10.4. The van der Waals surface area contributed by atoms with Gasteiger partial charge >= 0.3 is 5.63 Å². The van der Waals surface area contributed by atoms with Gasteiger partial charge in [-0.25, -0.2) is 4.79 Å². The fraction of sp³-hybridized carbons (Fsp3) is 0.400. The van der Waals surface area contributed by atoms with Gasteiger partial charge in [-0.05, 0) is 18.2 Å². The van der Waals surface area contributed by atoms with Crippen LogP contribution < -0.4 is 25.9 Å². The van der Waals surface area contributed by atoms with Gasteiger partial charge in [0.15, 0.2) is 16.2 Å². The Morgan fingerprint density at radius 2 is 2.13 bits per heavy atom. The van der Waals surface area contributed by atoms with E-state index in [2.05, 4.69) is 10.8 Å². The summed E-state index contributed by atoms with van der Waals surface area (Å²) in [6, 6.07) is 4.82. The minimum atomic E-state index is -1.42. The molecule has 1 aromatic heterocycles. The third kappa shape index (κ3) is 2.88. The van der Waals surface area contributed by atoms with E-state index in [-0.39, 0.29) is 23.4 Å². The van der Waals surface area contributed by atoms with Crippen molar-refractivity contribution in [1.29, 1.82) is 0 Å². The number of hydrogen-bond acceptors (Lipinski definition) is 10. The van der Waals surface area contributed by atoms with Crippen molar-refractivity contribution in [3.05, 3.63) is 40.8 Å². The Morgan fingerprint density at radius 1 is 1.32 bits per heavy atom. The van der Waals surface area contributed by atoms with Gasteiger partial charge in [0.05, 0.1) is 19.5 Å². The predicted molar refractivity (Wildman–Crippen MR) is 111 cm³/mol. The molecular weight excluding hydrogens is 428 g/mol. The summed E-state index contributed by atoms with van der Waals surface area (Å²) in [5, 5.41) is 23.8. The van der Waals surface area contributed by atoms with E-state index >= 15 is 0 Å². The summed E-state index contributed by atoms with van der Waals surface area (Å²) in [5.41, 5.74) is 0.621. The molecule has 164 valence electrons. The zero-order chi connectivity index (χ0) is 22.0. The van der Waals surface area contributed by atoms with Crippen LogP contribution >= 0.6 is 11.8 Å². The highest BCUT2D eigenvalue weighted by Gasteiger charge is 2.67. The number of carbonyl (C=O) groups excluding carboxylic acids is 1. The number of fused-ring (bicyclic) bond motifs is 2. The first-order valence-electron chi connectivity index (χ1n) is 9.51. The number of anilines is 1. The summed E-state index contributed by atoms with van der Waals surface area (Å²) >= 11 is 1.17. The minimum Gasteiger partial charge on any atom is -0.493 e. The van der Waals surface area contributed by atoms with Crippen LogP contribution in [0.5, 0.6) is 11.5 Å². The fourth-order valence-electron chi connectivity index (χ4n) is 4.32. The molecule has 0 spiro atoms. The Hall–Kier alpha value is -2.57. The van der Waals surface area contributed by atoms with Crippen LogP contribution in [0, 0.1) is 0 Å². The topological polar surface area (TPSA) is 139 Å². The molecule has 3 heterocycles. The van der Waals surface area contributed by atoms with E-state index in [4.69, 9.17) is 18.7 Å². The number of hydroxylamine groups is 1. The number of hydrogen-bond donors (Lipinski definition) is 4. The van der Waals surface area contributed by atoms with Crippen molar-refractivity contribution in [1.82, 2.24) is 5.48 Å². The average Bonchev–Trinajstić information content (AvgIpc) is 3.03. The van der Waals surface area contributed by atoms with Crippen molar-refractivity contribution >= 4 is 34.3 Å². The lowest BCUT2D eigenvalue weighted by molar-refractivity contribution is -0.216. The van der Waals surface area contributed by atoms with E-state index in [1.165, 1.54) is 38.1 Å². The average molecular weight is 448 g/mol.